The van der Waals surface area contributed by atoms with Crippen LogP contribution in [0.5, 0.6) is 0 Å². The first-order valence-electron chi connectivity index (χ1n) is 10.3. The molecule has 5 rings (SSSR count). The number of carbonyl (C=O) groups is 4. The molecule has 0 radical (unpaired) electrons. The monoisotopic (exact) mass is 456 g/mol. The number of carboxylic acids is 4. The standard InChI is InChI=1S/C26H16O8/c1-2-10-9-17(26(33)34)21-16(25(31)32)7-4-12-11-3-6-14(23(27)28)20-15(24(29)30)8-5-13(19(11)20)18(10)22(12)21/h3-9H,2H2,1H3,(H,27,28)(H,29,30)(H,31,32)(H,33,34). The van der Waals surface area contributed by atoms with Crippen LogP contribution in [0, 0.1) is 0 Å². The molecule has 0 aliphatic carbocycles. The van der Waals surface area contributed by atoms with Gasteiger partial charge in [-0.15, -0.1) is 0 Å². The van der Waals surface area contributed by atoms with Crippen molar-refractivity contribution in [1.82, 2.24) is 0 Å². The van der Waals surface area contributed by atoms with Crippen molar-refractivity contribution >= 4 is 67.0 Å². The van der Waals surface area contributed by atoms with E-state index in [-0.39, 0.29) is 33.0 Å². The van der Waals surface area contributed by atoms with Crippen LogP contribution in [0.2, 0.25) is 0 Å². The number of aromatic carboxylic acids is 4. The largest absolute Gasteiger partial charge is 0.478 e. The third-order valence-corrected chi connectivity index (χ3v) is 6.39. The topological polar surface area (TPSA) is 149 Å². The number of hydrogen-bond donors (Lipinski definition) is 4. The molecule has 168 valence electrons. The van der Waals surface area contributed by atoms with E-state index in [0.29, 0.717) is 44.3 Å². The predicted octanol–water partition coefficient (Wildman–Crippen LogP) is 5.09. The molecule has 8 nitrogen and oxygen atoms in total. The van der Waals surface area contributed by atoms with Crippen LogP contribution < -0.4 is 0 Å². The highest BCUT2D eigenvalue weighted by molar-refractivity contribution is 6.38. The number of hydrogen-bond acceptors (Lipinski definition) is 4. The minimum atomic E-state index is -1.28. The Hall–Kier alpha value is -4.72. The smallest absolute Gasteiger partial charge is 0.336 e. The van der Waals surface area contributed by atoms with E-state index < -0.39 is 23.9 Å². The van der Waals surface area contributed by atoms with E-state index in [9.17, 15) is 39.6 Å². The summed E-state index contributed by atoms with van der Waals surface area (Å²) in [7, 11) is 0. The SMILES string of the molecule is CCc1cc(C(=O)O)c2c(C(=O)O)ccc3c4ccc(C(=O)O)c5c(C(=O)O)ccc(c1c23)c54. The van der Waals surface area contributed by atoms with E-state index in [1.165, 1.54) is 24.3 Å². The number of aryl methyl sites for hydroxylation is 1. The van der Waals surface area contributed by atoms with Crippen molar-refractivity contribution in [2.45, 2.75) is 13.3 Å². The lowest BCUT2D eigenvalue weighted by Gasteiger charge is -2.20. The van der Waals surface area contributed by atoms with Crippen LogP contribution in [0.1, 0.15) is 53.9 Å². The van der Waals surface area contributed by atoms with Gasteiger partial charge in [-0.2, -0.15) is 0 Å². The van der Waals surface area contributed by atoms with Crippen molar-refractivity contribution in [2.24, 2.45) is 0 Å². The van der Waals surface area contributed by atoms with Gasteiger partial charge in [0.2, 0.25) is 0 Å². The van der Waals surface area contributed by atoms with Gasteiger partial charge in [0, 0.05) is 10.8 Å². The molecule has 0 spiro atoms. The molecule has 4 N–H and O–H groups in total. The zero-order chi connectivity index (χ0) is 24.5. The third-order valence-electron chi connectivity index (χ3n) is 6.39. The summed E-state index contributed by atoms with van der Waals surface area (Å²) in [6.07, 6.45) is 0.415. The van der Waals surface area contributed by atoms with Gasteiger partial charge in [-0.3, -0.25) is 0 Å². The average molecular weight is 456 g/mol. The lowest BCUT2D eigenvalue weighted by molar-refractivity contribution is 0.0681. The summed E-state index contributed by atoms with van der Waals surface area (Å²) in [5, 5.41) is 42.4. The second-order valence-electron chi connectivity index (χ2n) is 8.01. The molecule has 0 saturated carbocycles. The number of fused-ring (bicyclic) bond motifs is 2. The molecule has 0 bridgehead atoms. The van der Waals surface area contributed by atoms with Crippen molar-refractivity contribution in [2.75, 3.05) is 0 Å². The summed E-state index contributed by atoms with van der Waals surface area (Å²) in [4.78, 5) is 48.2. The first-order valence-corrected chi connectivity index (χ1v) is 10.3. The molecule has 0 aliphatic rings. The first kappa shape index (κ1) is 21.1. The van der Waals surface area contributed by atoms with Crippen LogP contribution in [0.4, 0.5) is 0 Å². The van der Waals surface area contributed by atoms with Crippen LogP contribution >= 0.6 is 0 Å². The van der Waals surface area contributed by atoms with Crippen molar-refractivity contribution in [3.63, 3.8) is 0 Å². The van der Waals surface area contributed by atoms with Crippen molar-refractivity contribution in [1.29, 1.82) is 0 Å². The van der Waals surface area contributed by atoms with Crippen LogP contribution in [0.25, 0.3) is 43.1 Å². The van der Waals surface area contributed by atoms with E-state index in [2.05, 4.69) is 0 Å². The van der Waals surface area contributed by atoms with E-state index in [4.69, 9.17) is 0 Å². The highest BCUT2D eigenvalue weighted by atomic mass is 16.4. The Balaban J connectivity index is 2.22. The Morgan fingerprint density at radius 3 is 1.38 bits per heavy atom. The van der Waals surface area contributed by atoms with E-state index in [0.717, 1.165) is 0 Å². The van der Waals surface area contributed by atoms with Gasteiger partial charge in [0.05, 0.1) is 22.3 Å². The molecule has 0 aliphatic heterocycles. The maximum absolute atomic E-state index is 12.1. The summed E-state index contributed by atoms with van der Waals surface area (Å²) >= 11 is 0. The van der Waals surface area contributed by atoms with Crippen molar-refractivity contribution in [3.05, 3.63) is 70.3 Å². The zero-order valence-corrected chi connectivity index (χ0v) is 17.7. The fraction of sp³-hybridized carbons (Fsp3) is 0.0769. The lowest BCUT2D eigenvalue weighted by atomic mass is 9.82. The van der Waals surface area contributed by atoms with Crippen LogP contribution in [-0.4, -0.2) is 44.3 Å². The first-order chi connectivity index (χ1) is 16.2. The highest BCUT2D eigenvalue weighted by Crippen LogP contribution is 2.45. The molecule has 0 amide bonds. The Kier molecular flexibility index (Phi) is 4.44. The molecule has 0 heterocycles. The molecular formula is C26H16O8. The van der Waals surface area contributed by atoms with Gasteiger partial charge in [-0.05, 0) is 68.6 Å². The Labute approximate surface area is 190 Å². The minimum Gasteiger partial charge on any atom is -0.478 e. The van der Waals surface area contributed by atoms with E-state index in [1.54, 1.807) is 18.2 Å². The van der Waals surface area contributed by atoms with Crippen LogP contribution in [-0.2, 0) is 6.42 Å². The van der Waals surface area contributed by atoms with Crippen molar-refractivity contribution in [3.8, 4) is 0 Å². The predicted molar refractivity (Wildman–Crippen MR) is 125 cm³/mol. The third kappa shape index (κ3) is 2.65. The maximum atomic E-state index is 12.1. The quantitative estimate of drug-likeness (QED) is 0.211. The minimum absolute atomic E-state index is 0.0699. The molecule has 34 heavy (non-hydrogen) atoms. The van der Waals surface area contributed by atoms with Gasteiger partial charge in [-0.25, -0.2) is 19.2 Å². The molecule has 5 aromatic carbocycles. The Bertz CT molecular complexity index is 1730. The molecular weight excluding hydrogens is 440 g/mol. The Morgan fingerprint density at radius 1 is 0.529 bits per heavy atom. The molecule has 0 saturated heterocycles. The van der Waals surface area contributed by atoms with Crippen LogP contribution in [0.15, 0.2) is 42.5 Å². The molecule has 5 aromatic rings. The number of benzene rings is 5. The number of carboxylic acid groups (broad SMARTS) is 4. The second-order valence-corrected chi connectivity index (χ2v) is 8.01. The Morgan fingerprint density at radius 2 is 0.941 bits per heavy atom. The number of rotatable bonds is 5. The fourth-order valence-corrected chi connectivity index (χ4v) is 5.06. The average Bonchev–Trinajstić information content (AvgIpc) is 2.80. The molecule has 0 unspecified atom stereocenters. The van der Waals surface area contributed by atoms with Gasteiger partial charge in [0.1, 0.15) is 0 Å². The normalized spacial score (nSPS) is 11.6. The van der Waals surface area contributed by atoms with E-state index in [1.807, 2.05) is 6.92 Å². The lowest BCUT2D eigenvalue weighted by Crippen LogP contribution is -2.08. The highest BCUT2D eigenvalue weighted by Gasteiger charge is 2.26. The fourth-order valence-electron chi connectivity index (χ4n) is 5.06. The molecule has 0 fully saturated rings. The second kappa shape index (κ2) is 7.14. The van der Waals surface area contributed by atoms with Crippen LogP contribution in [0.3, 0.4) is 0 Å². The molecule has 0 atom stereocenters. The van der Waals surface area contributed by atoms with Gasteiger partial charge in [0.15, 0.2) is 0 Å². The summed E-state index contributed by atoms with van der Waals surface area (Å²) in [6.45, 7) is 1.83. The summed E-state index contributed by atoms with van der Waals surface area (Å²) in [6, 6.07) is 10.1. The molecule has 0 aromatic heterocycles. The summed E-state index contributed by atoms with van der Waals surface area (Å²) < 4.78 is 0. The van der Waals surface area contributed by atoms with Gasteiger partial charge < -0.3 is 20.4 Å². The summed E-state index contributed by atoms with van der Waals surface area (Å²) in [5.41, 5.74) is -0.00698. The van der Waals surface area contributed by atoms with E-state index >= 15 is 0 Å². The van der Waals surface area contributed by atoms with Gasteiger partial charge in [0.25, 0.3) is 0 Å². The zero-order valence-electron chi connectivity index (χ0n) is 17.7. The molecule has 8 heteroatoms. The van der Waals surface area contributed by atoms with Crippen molar-refractivity contribution < 1.29 is 39.6 Å². The van der Waals surface area contributed by atoms with Gasteiger partial charge >= 0.3 is 23.9 Å². The summed E-state index contributed by atoms with van der Waals surface area (Å²) in [5.74, 6) is -5.09. The van der Waals surface area contributed by atoms with Gasteiger partial charge in [-0.1, -0.05) is 25.1 Å². The maximum Gasteiger partial charge on any atom is 0.336 e.